The number of hydrogen-bond acceptors (Lipinski definition) is 4. The van der Waals surface area contributed by atoms with Gasteiger partial charge < -0.3 is 9.47 Å². The van der Waals surface area contributed by atoms with Crippen LogP contribution in [0.5, 0.6) is 11.5 Å². The van der Waals surface area contributed by atoms with Crippen LogP contribution in [0.15, 0.2) is 158 Å². The molecular weight excluding hydrogens is 637 g/mol. The highest BCUT2D eigenvalue weighted by Crippen LogP contribution is 2.69. The number of ether oxygens (including phenoxy) is 2. The zero-order chi connectivity index (χ0) is 35.5. The lowest BCUT2D eigenvalue weighted by Crippen LogP contribution is -2.52. The Morgan fingerprint density at radius 1 is 0.462 bits per heavy atom. The molecule has 6 aliphatic rings. The fraction of sp³-hybridized carbons (Fsp3) is 0.125. The number of rotatable bonds is 6. The Hall–Kier alpha value is -6.62. The van der Waals surface area contributed by atoms with Crippen LogP contribution in [-0.4, -0.2) is 14.2 Å². The molecule has 0 saturated heterocycles. The quantitative estimate of drug-likeness (QED) is 0.166. The first-order valence-corrected chi connectivity index (χ1v) is 17.5. The molecule has 0 N–H and O–H groups in total. The normalized spacial score (nSPS) is 22.0. The van der Waals surface area contributed by atoms with Crippen LogP contribution in [0.25, 0.3) is 11.1 Å². The number of benzene rings is 6. The third-order valence-electron chi connectivity index (χ3n) is 11.6. The third kappa shape index (κ3) is 4.25. The molecule has 6 aromatic rings. The first-order chi connectivity index (χ1) is 25.6. The van der Waals surface area contributed by atoms with E-state index in [1.54, 1.807) is 14.2 Å². The smallest absolute Gasteiger partial charge is 0.118 e. The van der Waals surface area contributed by atoms with Crippen molar-refractivity contribution in [3.05, 3.63) is 213 Å². The van der Waals surface area contributed by atoms with Crippen LogP contribution in [0.2, 0.25) is 0 Å². The maximum atomic E-state index is 11.0. The van der Waals surface area contributed by atoms with E-state index in [4.69, 9.17) is 9.47 Å². The van der Waals surface area contributed by atoms with Crippen molar-refractivity contribution in [2.45, 2.75) is 22.7 Å². The van der Waals surface area contributed by atoms with E-state index in [1.165, 1.54) is 44.5 Å². The van der Waals surface area contributed by atoms with Crippen LogP contribution in [0.3, 0.4) is 0 Å². The molecule has 0 radical (unpaired) electrons. The number of allylic oxidation sites excluding steroid dienone is 4. The monoisotopic (exact) mass is 670 g/mol. The van der Waals surface area contributed by atoms with Crippen molar-refractivity contribution in [3.8, 4) is 23.6 Å². The second-order valence-corrected chi connectivity index (χ2v) is 13.7. The van der Waals surface area contributed by atoms with Crippen LogP contribution in [0.4, 0.5) is 0 Å². The van der Waals surface area contributed by atoms with E-state index in [1.807, 2.05) is 48.5 Å². The minimum atomic E-state index is -0.745. The Morgan fingerprint density at radius 2 is 0.750 bits per heavy atom. The van der Waals surface area contributed by atoms with Crippen molar-refractivity contribution in [2.24, 2.45) is 0 Å². The lowest BCUT2D eigenvalue weighted by Gasteiger charge is -2.59. The van der Waals surface area contributed by atoms with Gasteiger partial charge in [-0.1, -0.05) is 109 Å². The Balaban J connectivity index is 1.46. The van der Waals surface area contributed by atoms with Crippen molar-refractivity contribution >= 4 is 11.1 Å². The molecule has 248 valence electrons. The van der Waals surface area contributed by atoms with Gasteiger partial charge in [-0.15, -0.1) is 0 Å². The molecular formula is C48H34N2O2. The van der Waals surface area contributed by atoms with Crippen molar-refractivity contribution in [1.82, 2.24) is 0 Å². The molecule has 0 amide bonds. The largest absolute Gasteiger partial charge is 0.497 e. The average Bonchev–Trinajstić information content (AvgIpc) is 3.21. The fourth-order valence-corrected chi connectivity index (χ4v) is 9.56. The summed E-state index contributed by atoms with van der Waals surface area (Å²) in [5.74, 6) is 1.12. The third-order valence-corrected chi connectivity index (χ3v) is 11.6. The van der Waals surface area contributed by atoms with E-state index in [0.717, 1.165) is 22.6 Å². The van der Waals surface area contributed by atoms with Crippen molar-refractivity contribution < 1.29 is 9.47 Å². The molecule has 0 unspecified atom stereocenters. The zero-order valence-electron chi connectivity index (χ0n) is 28.9. The van der Waals surface area contributed by atoms with Gasteiger partial charge in [-0.05, 0) is 104 Å². The first kappa shape index (κ1) is 31.4. The van der Waals surface area contributed by atoms with Crippen LogP contribution >= 0.6 is 0 Å². The van der Waals surface area contributed by atoms with E-state index < -0.39 is 10.8 Å². The van der Waals surface area contributed by atoms with Gasteiger partial charge in [0.1, 0.15) is 11.5 Å². The highest BCUT2D eigenvalue weighted by Gasteiger charge is 2.61. The van der Waals surface area contributed by atoms with Gasteiger partial charge in [0.25, 0.3) is 0 Å². The van der Waals surface area contributed by atoms with Gasteiger partial charge in [-0.3, -0.25) is 0 Å². The molecule has 0 atom stereocenters. The minimum Gasteiger partial charge on any atom is -0.497 e. The van der Waals surface area contributed by atoms with E-state index >= 15 is 0 Å². The molecule has 12 rings (SSSR count). The summed E-state index contributed by atoms with van der Waals surface area (Å²) < 4.78 is 10.9. The summed E-state index contributed by atoms with van der Waals surface area (Å²) in [4.78, 5) is 0. The molecule has 0 saturated carbocycles. The molecule has 0 spiro atoms. The Kier molecular flexibility index (Phi) is 7.25. The van der Waals surface area contributed by atoms with Crippen LogP contribution in [-0.2, 0) is 10.8 Å². The fourth-order valence-electron chi connectivity index (χ4n) is 9.56. The van der Waals surface area contributed by atoms with Gasteiger partial charge >= 0.3 is 0 Å². The highest BCUT2D eigenvalue weighted by molar-refractivity contribution is 5.86. The average molecular weight is 671 g/mol. The second-order valence-electron chi connectivity index (χ2n) is 13.7. The van der Waals surface area contributed by atoms with Gasteiger partial charge in [0.05, 0.1) is 48.3 Å². The maximum Gasteiger partial charge on any atom is 0.118 e. The Bertz CT molecular complexity index is 2250. The summed E-state index contributed by atoms with van der Waals surface area (Å²) in [6, 6.07) is 55.9. The predicted molar refractivity (Wildman–Crippen MR) is 204 cm³/mol. The summed E-state index contributed by atoms with van der Waals surface area (Å²) in [6.07, 6.45) is 4.49. The summed E-state index contributed by atoms with van der Waals surface area (Å²) >= 11 is 0. The summed E-state index contributed by atoms with van der Waals surface area (Å²) in [5, 5.41) is 21.9. The predicted octanol–water partition coefficient (Wildman–Crippen LogP) is 10.1. The van der Waals surface area contributed by atoms with E-state index in [9.17, 15) is 10.5 Å². The number of nitriles is 2. The Morgan fingerprint density at radius 3 is 1.02 bits per heavy atom. The van der Waals surface area contributed by atoms with Crippen LogP contribution in [0.1, 0.15) is 67.5 Å². The van der Waals surface area contributed by atoms with Gasteiger partial charge in [-0.25, -0.2) is 0 Å². The molecule has 4 heteroatoms. The summed E-state index contributed by atoms with van der Waals surface area (Å²) in [5.41, 5.74) is 10.9. The first-order valence-electron chi connectivity index (χ1n) is 17.5. The molecule has 0 aliphatic heterocycles. The van der Waals surface area contributed by atoms with Gasteiger partial charge in [0.2, 0.25) is 0 Å². The van der Waals surface area contributed by atoms with Gasteiger partial charge in [0, 0.05) is 11.8 Å². The van der Waals surface area contributed by atoms with E-state index in [-0.39, 0.29) is 11.8 Å². The summed E-state index contributed by atoms with van der Waals surface area (Å²) in [7, 11) is 3.30. The van der Waals surface area contributed by atoms with Gasteiger partial charge in [-0.2, -0.15) is 10.5 Å². The lowest BCUT2D eigenvalue weighted by molar-refractivity contribution is 0.412. The van der Waals surface area contributed by atoms with E-state index in [0.29, 0.717) is 11.1 Å². The molecule has 0 aromatic heterocycles. The number of nitrogens with zero attached hydrogens (tertiary/aromatic N) is 2. The lowest BCUT2D eigenvalue weighted by atomic mass is 9.42. The molecule has 0 fully saturated rings. The van der Waals surface area contributed by atoms with Gasteiger partial charge in [0.15, 0.2) is 0 Å². The van der Waals surface area contributed by atoms with E-state index in [2.05, 4.69) is 121 Å². The van der Waals surface area contributed by atoms with Crippen molar-refractivity contribution in [2.75, 3.05) is 14.2 Å². The SMILES string of the molecule is COc1ccc(/C(C#N)=C\C23c4ccccc4C(c4ccccc42)C2(/C=C(/C#N)c4ccc(OC)cc4)c4ccccc4C3c3ccccc32)cc1. The van der Waals surface area contributed by atoms with Crippen molar-refractivity contribution in [1.29, 1.82) is 10.5 Å². The number of hydrogen-bond donors (Lipinski definition) is 0. The standard InChI is InChI=1S/C48H34N2O2/c1-51-35-23-19-31(20-24-35)33(29-49)27-47-41-15-7-3-11-37(41)46(38-12-4-8-16-42(38)47)48(28-34(30-50)32-21-25-36(52-2)26-22-32)43-17-9-5-13-39(43)45(47)40-14-6-10-18-44(40)48/h3-28,45-46H,1-2H3/b33-27-,34-28-. The second kappa shape index (κ2) is 12.0. The molecule has 6 aliphatic carbocycles. The molecule has 4 bridgehead atoms. The topological polar surface area (TPSA) is 66.0 Å². The molecule has 52 heavy (non-hydrogen) atoms. The zero-order valence-corrected chi connectivity index (χ0v) is 28.9. The maximum absolute atomic E-state index is 11.0. The minimum absolute atomic E-state index is 0.182. The summed E-state index contributed by atoms with van der Waals surface area (Å²) in [6.45, 7) is 0. The van der Waals surface area contributed by atoms with Crippen LogP contribution in [0, 0.1) is 22.7 Å². The molecule has 6 aromatic carbocycles. The van der Waals surface area contributed by atoms with Crippen molar-refractivity contribution in [3.63, 3.8) is 0 Å². The highest BCUT2D eigenvalue weighted by atomic mass is 16.5. The Labute approximate surface area is 304 Å². The number of methoxy groups -OCH3 is 2. The molecule has 4 nitrogen and oxygen atoms in total. The molecule has 0 heterocycles. The van der Waals surface area contributed by atoms with Crippen LogP contribution < -0.4 is 9.47 Å².